The van der Waals surface area contributed by atoms with E-state index in [1.165, 1.54) is 0 Å². The number of rotatable bonds is 7. The summed E-state index contributed by atoms with van der Waals surface area (Å²) in [4.78, 5) is 27.1. The Morgan fingerprint density at radius 3 is 2.87 bits per heavy atom. The number of carbonyl (C=O) groups is 2. The van der Waals surface area contributed by atoms with E-state index in [0.717, 1.165) is 23.7 Å². The zero-order valence-corrected chi connectivity index (χ0v) is 14.8. The van der Waals surface area contributed by atoms with E-state index >= 15 is 0 Å². The standard InChI is InChI=1S/C16H22ClN3O2S/c1-2-20-9-7-19-16(22)14(20)11-15(21)18-8-10-23-13-5-3-12(17)4-6-13/h3-6,14H,2,7-11H2,1H3,(H,18,21)(H,19,22)/t14-/m0/s1. The summed E-state index contributed by atoms with van der Waals surface area (Å²) in [7, 11) is 0. The van der Waals surface area contributed by atoms with E-state index in [0.29, 0.717) is 18.1 Å². The lowest BCUT2D eigenvalue weighted by Gasteiger charge is -2.33. The summed E-state index contributed by atoms with van der Waals surface area (Å²) >= 11 is 7.50. The molecule has 0 spiro atoms. The Morgan fingerprint density at radius 1 is 1.43 bits per heavy atom. The Balaban J connectivity index is 1.70. The molecule has 1 atom stereocenters. The first-order valence-corrected chi connectivity index (χ1v) is 9.13. The number of nitrogens with one attached hydrogen (secondary N) is 2. The SMILES string of the molecule is CCN1CCNC(=O)[C@@H]1CC(=O)NCCSc1ccc(Cl)cc1. The Morgan fingerprint density at radius 2 is 2.17 bits per heavy atom. The Kier molecular flexibility index (Phi) is 7.20. The molecule has 0 aromatic heterocycles. The second-order valence-electron chi connectivity index (χ2n) is 5.29. The lowest BCUT2D eigenvalue weighted by Crippen LogP contribution is -2.56. The third-order valence-corrected chi connectivity index (χ3v) is 5.00. The number of hydrogen-bond donors (Lipinski definition) is 2. The highest BCUT2D eigenvalue weighted by Crippen LogP contribution is 2.19. The number of halogens is 1. The van der Waals surface area contributed by atoms with Gasteiger partial charge in [0.2, 0.25) is 11.8 Å². The smallest absolute Gasteiger partial charge is 0.237 e. The molecule has 2 rings (SSSR count). The highest BCUT2D eigenvalue weighted by Gasteiger charge is 2.30. The van der Waals surface area contributed by atoms with E-state index in [9.17, 15) is 9.59 Å². The van der Waals surface area contributed by atoms with Gasteiger partial charge in [0, 0.05) is 35.3 Å². The van der Waals surface area contributed by atoms with Gasteiger partial charge in [-0.05, 0) is 30.8 Å². The molecule has 1 aliphatic rings. The fourth-order valence-corrected chi connectivity index (χ4v) is 3.39. The summed E-state index contributed by atoms with van der Waals surface area (Å²) in [5.74, 6) is 0.646. The van der Waals surface area contributed by atoms with Crippen molar-refractivity contribution in [1.82, 2.24) is 15.5 Å². The van der Waals surface area contributed by atoms with Crippen molar-refractivity contribution in [2.24, 2.45) is 0 Å². The first kappa shape index (κ1) is 18.1. The Bertz CT molecular complexity index is 539. The molecule has 0 aliphatic carbocycles. The summed E-state index contributed by atoms with van der Waals surface area (Å²) in [6.45, 7) is 4.81. The first-order chi connectivity index (χ1) is 11.1. The maximum atomic E-state index is 12.0. The number of thioether (sulfide) groups is 1. The number of hydrogen-bond acceptors (Lipinski definition) is 4. The van der Waals surface area contributed by atoms with Crippen LogP contribution >= 0.6 is 23.4 Å². The minimum absolute atomic E-state index is 0.0520. The van der Waals surface area contributed by atoms with Crippen LogP contribution in [0, 0.1) is 0 Å². The maximum Gasteiger partial charge on any atom is 0.237 e. The van der Waals surface area contributed by atoms with Crippen molar-refractivity contribution in [2.75, 3.05) is 31.9 Å². The van der Waals surface area contributed by atoms with E-state index in [2.05, 4.69) is 10.6 Å². The molecule has 23 heavy (non-hydrogen) atoms. The van der Waals surface area contributed by atoms with E-state index in [1.807, 2.05) is 36.1 Å². The summed E-state index contributed by atoms with van der Waals surface area (Å²) in [5.41, 5.74) is 0. The summed E-state index contributed by atoms with van der Waals surface area (Å²) in [5, 5.41) is 6.42. The van der Waals surface area contributed by atoms with Crippen LogP contribution in [0.3, 0.4) is 0 Å². The molecule has 5 nitrogen and oxygen atoms in total. The van der Waals surface area contributed by atoms with Crippen LogP contribution in [0.4, 0.5) is 0 Å². The Labute approximate surface area is 146 Å². The number of likely N-dealkylation sites (N-methyl/N-ethyl adjacent to an activating group) is 1. The highest BCUT2D eigenvalue weighted by molar-refractivity contribution is 7.99. The lowest BCUT2D eigenvalue weighted by atomic mass is 10.1. The topological polar surface area (TPSA) is 61.4 Å². The second-order valence-corrected chi connectivity index (χ2v) is 6.90. The van der Waals surface area contributed by atoms with Gasteiger partial charge in [-0.3, -0.25) is 14.5 Å². The number of amides is 2. The molecule has 1 aromatic carbocycles. The van der Waals surface area contributed by atoms with Gasteiger partial charge < -0.3 is 10.6 Å². The van der Waals surface area contributed by atoms with Gasteiger partial charge in [-0.1, -0.05) is 18.5 Å². The molecular formula is C16H22ClN3O2S. The van der Waals surface area contributed by atoms with Gasteiger partial charge in [0.1, 0.15) is 0 Å². The highest BCUT2D eigenvalue weighted by atomic mass is 35.5. The van der Waals surface area contributed by atoms with Gasteiger partial charge in [-0.2, -0.15) is 0 Å². The van der Waals surface area contributed by atoms with Gasteiger partial charge >= 0.3 is 0 Å². The van der Waals surface area contributed by atoms with E-state index in [1.54, 1.807) is 11.8 Å². The molecule has 1 aromatic rings. The molecule has 2 amide bonds. The molecule has 0 radical (unpaired) electrons. The summed E-state index contributed by atoms with van der Waals surface area (Å²) in [6, 6.07) is 7.27. The van der Waals surface area contributed by atoms with Crippen molar-refractivity contribution in [2.45, 2.75) is 24.3 Å². The quantitative estimate of drug-likeness (QED) is 0.578. The Hall–Kier alpha value is -1.24. The van der Waals surface area contributed by atoms with Gasteiger partial charge in [-0.25, -0.2) is 0 Å². The fourth-order valence-electron chi connectivity index (χ4n) is 2.50. The van der Waals surface area contributed by atoms with Crippen molar-refractivity contribution < 1.29 is 9.59 Å². The summed E-state index contributed by atoms with van der Waals surface area (Å²) < 4.78 is 0. The van der Waals surface area contributed by atoms with Gasteiger partial charge in [-0.15, -0.1) is 11.8 Å². The van der Waals surface area contributed by atoms with Gasteiger partial charge in [0.15, 0.2) is 0 Å². The van der Waals surface area contributed by atoms with Crippen molar-refractivity contribution in [3.63, 3.8) is 0 Å². The average molecular weight is 356 g/mol. The van der Waals surface area contributed by atoms with Crippen molar-refractivity contribution in [3.05, 3.63) is 29.3 Å². The first-order valence-electron chi connectivity index (χ1n) is 7.77. The molecule has 1 fully saturated rings. The van der Waals surface area contributed by atoms with Crippen LogP contribution in [-0.2, 0) is 9.59 Å². The number of nitrogens with zero attached hydrogens (tertiary/aromatic N) is 1. The molecule has 1 saturated heterocycles. The van der Waals surface area contributed by atoms with E-state index in [-0.39, 0.29) is 24.3 Å². The molecule has 126 valence electrons. The number of benzene rings is 1. The fraction of sp³-hybridized carbons (Fsp3) is 0.500. The van der Waals surface area contributed by atoms with Crippen LogP contribution in [-0.4, -0.2) is 54.7 Å². The number of carbonyl (C=O) groups excluding carboxylic acids is 2. The minimum Gasteiger partial charge on any atom is -0.355 e. The molecule has 1 aliphatic heterocycles. The third-order valence-electron chi connectivity index (χ3n) is 3.73. The zero-order valence-electron chi connectivity index (χ0n) is 13.2. The molecule has 0 saturated carbocycles. The van der Waals surface area contributed by atoms with Crippen molar-refractivity contribution in [3.8, 4) is 0 Å². The van der Waals surface area contributed by atoms with Crippen LogP contribution < -0.4 is 10.6 Å². The van der Waals surface area contributed by atoms with E-state index in [4.69, 9.17) is 11.6 Å². The zero-order chi connectivity index (χ0) is 16.7. The number of piperazine rings is 1. The molecule has 7 heteroatoms. The van der Waals surface area contributed by atoms with Gasteiger partial charge in [0.25, 0.3) is 0 Å². The predicted molar refractivity (Wildman–Crippen MR) is 93.8 cm³/mol. The van der Waals surface area contributed by atoms with Gasteiger partial charge in [0.05, 0.1) is 12.5 Å². The minimum atomic E-state index is -0.349. The van der Waals surface area contributed by atoms with Crippen molar-refractivity contribution in [1.29, 1.82) is 0 Å². The van der Waals surface area contributed by atoms with Crippen LogP contribution in [0.2, 0.25) is 5.02 Å². The molecule has 1 heterocycles. The van der Waals surface area contributed by atoms with Crippen molar-refractivity contribution >= 4 is 35.2 Å². The largest absolute Gasteiger partial charge is 0.355 e. The van der Waals surface area contributed by atoms with E-state index < -0.39 is 0 Å². The average Bonchev–Trinajstić information content (AvgIpc) is 2.55. The predicted octanol–water partition coefficient (Wildman–Crippen LogP) is 1.76. The summed E-state index contributed by atoms with van der Waals surface area (Å²) in [6.07, 6.45) is 0.214. The second kappa shape index (κ2) is 9.15. The molecule has 2 N–H and O–H groups in total. The van der Waals surface area contributed by atoms with Crippen LogP contribution in [0.25, 0.3) is 0 Å². The van der Waals surface area contributed by atoms with Crippen LogP contribution in [0.15, 0.2) is 29.2 Å². The molecule has 0 unspecified atom stereocenters. The molecular weight excluding hydrogens is 334 g/mol. The maximum absolute atomic E-state index is 12.0. The van der Waals surface area contributed by atoms with Crippen LogP contribution in [0.1, 0.15) is 13.3 Å². The monoisotopic (exact) mass is 355 g/mol. The lowest BCUT2D eigenvalue weighted by molar-refractivity contribution is -0.133. The third kappa shape index (κ3) is 5.71. The normalized spacial score (nSPS) is 18.5. The molecule has 0 bridgehead atoms. The van der Waals surface area contributed by atoms with Crippen LogP contribution in [0.5, 0.6) is 0 Å².